The molecule has 0 atom stereocenters. The van der Waals surface area contributed by atoms with Crippen LogP contribution in [0.1, 0.15) is 38.9 Å². The second-order valence-electron chi connectivity index (χ2n) is 6.05. The molecule has 1 saturated carbocycles. The van der Waals surface area contributed by atoms with Gasteiger partial charge in [0.15, 0.2) is 0 Å². The number of hydrogen-bond donors (Lipinski definition) is 1. The Balaban J connectivity index is 1.75. The van der Waals surface area contributed by atoms with Crippen molar-refractivity contribution in [1.82, 2.24) is 14.9 Å². The SMILES string of the molecule is CC(C)CCN(Cc1nc(N)c2ccsc2n1)C1CC1. The van der Waals surface area contributed by atoms with Gasteiger partial charge in [0.1, 0.15) is 16.5 Å². The maximum Gasteiger partial charge on any atom is 0.146 e. The minimum Gasteiger partial charge on any atom is -0.383 e. The molecule has 0 aliphatic heterocycles. The number of rotatable bonds is 6. The molecule has 0 unspecified atom stereocenters. The normalized spacial score (nSPS) is 15.6. The lowest BCUT2D eigenvalue weighted by molar-refractivity contribution is 0.234. The average Bonchev–Trinajstić information content (AvgIpc) is 3.12. The molecule has 2 aromatic heterocycles. The molecular formula is C15H22N4S. The minimum absolute atomic E-state index is 0.617. The van der Waals surface area contributed by atoms with E-state index in [-0.39, 0.29) is 0 Å². The van der Waals surface area contributed by atoms with Crippen LogP contribution in [0.25, 0.3) is 10.2 Å². The Hall–Kier alpha value is -1.20. The van der Waals surface area contributed by atoms with Crippen LogP contribution in [0, 0.1) is 5.92 Å². The van der Waals surface area contributed by atoms with Gasteiger partial charge >= 0.3 is 0 Å². The van der Waals surface area contributed by atoms with Crippen LogP contribution in [-0.4, -0.2) is 27.5 Å². The standard InChI is InChI=1S/C15H22N4S/c1-10(2)5-7-19(11-3-4-11)9-13-17-14(16)12-6-8-20-15(12)18-13/h6,8,10-11H,3-5,7,9H2,1-2H3,(H2,16,17,18). The zero-order valence-electron chi connectivity index (χ0n) is 12.2. The van der Waals surface area contributed by atoms with Crippen LogP contribution in [0.5, 0.6) is 0 Å². The van der Waals surface area contributed by atoms with Crippen LogP contribution in [0.4, 0.5) is 5.82 Å². The Kier molecular flexibility index (Phi) is 3.89. The monoisotopic (exact) mass is 290 g/mol. The molecule has 5 heteroatoms. The molecule has 2 N–H and O–H groups in total. The van der Waals surface area contributed by atoms with Crippen molar-refractivity contribution in [1.29, 1.82) is 0 Å². The van der Waals surface area contributed by atoms with Crippen molar-refractivity contribution in [2.75, 3.05) is 12.3 Å². The molecule has 1 fully saturated rings. The van der Waals surface area contributed by atoms with Gasteiger partial charge in [0.05, 0.1) is 11.9 Å². The summed E-state index contributed by atoms with van der Waals surface area (Å²) in [5, 5.41) is 3.01. The highest BCUT2D eigenvalue weighted by atomic mass is 32.1. The smallest absolute Gasteiger partial charge is 0.146 e. The number of anilines is 1. The van der Waals surface area contributed by atoms with E-state index in [2.05, 4.69) is 28.7 Å². The van der Waals surface area contributed by atoms with Crippen molar-refractivity contribution in [2.45, 2.75) is 45.7 Å². The van der Waals surface area contributed by atoms with E-state index in [1.807, 2.05) is 11.4 Å². The van der Waals surface area contributed by atoms with E-state index < -0.39 is 0 Å². The molecule has 0 aromatic carbocycles. The molecule has 2 heterocycles. The summed E-state index contributed by atoms with van der Waals surface area (Å²) in [5.74, 6) is 2.22. The first-order valence-electron chi connectivity index (χ1n) is 7.37. The third-order valence-corrected chi connectivity index (χ3v) is 4.61. The van der Waals surface area contributed by atoms with Crippen LogP contribution in [0.2, 0.25) is 0 Å². The van der Waals surface area contributed by atoms with Gasteiger partial charge in [-0.25, -0.2) is 9.97 Å². The molecule has 4 nitrogen and oxygen atoms in total. The number of aromatic nitrogens is 2. The summed E-state index contributed by atoms with van der Waals surface area (Å²) in [6.07, 6.45) is 3.86. The van der Waals surface area contributed by atoms with Crippen LogP contribution >= 0.6 is 11.3 Å². The summed E-state index contributed by atoms with van der Waals surface area (Å²) in [7, 11) is 0. The fraction of sp³-hybridized carbons (Fsp3) is 0.600. The highest BCUT2D eigenvalue weighted by Gasteiger charge is 2.29. The molecule has 3 rings (SSSR count). The van der Waals surface area contributed by atoms with Gasteiger partial charge in [0.2, 0.25) is 0 Å². The van der Waals surface area contributed by atoms with E-state index in [0.717, 1.165) is 41.1 Å². The lowest BCUT2D eigenvalue weighted by atomic mass is 10.1. The Morgan fingerprint density at radius 1 is 1.40 bits per heavy atom. The average molecular weight is 290 g/mol. The predicted molar refractivity (Wildman–Crippen MR) is 84.7 cm³/mol. The highest BCUT2D eigenvalue weighted by Crippen LogP contribution is 2.29. The number of nitrogens with zero attached hydrogens (tertiary/aromatic N) is 3. The number of nitrogens with two attached hydrogens (primary N) is 1. The number of fused-ring (bicyclic) bond motifs is 1. The summed E-state index contributed by atoms with van der Waals surface area (Å²) in [6, 6.07) is 2.73. The lowest BCUT2D eigenvalue weighted by Gasteiger charge is -2.22. The maximum atomic E-state index is 6.03. The van der Waals surface area contributed by atoms with Gasteiger partial charge in [-0.15, -0.1) is 11.3 Å². The fourth-order valence-corrected chi connectivity index (χ4v) is 3.22. The molecule has 1 aliphatic carbocycles. The summed E-state index contributed by atoms with van der Waals surface area (Å²) < 4.78 is 0. The number of hydrogen-bond acceptors (Lipinski definition) is 5. The van der Waals surface area contributed by atoms with E-state index in [1.54, 1.807) is 11.3 Å². The van der Waals surface area contributed by atoms with E-state index in [9.17, 15) is 0 Å². The fourth-order valence-electron chi connectivity index (χ4n) is 2.43. The zero-order chi connectivity index (χ0) is 14.1. The van der Waals surface area contributed by atoms with Crippen molar-refractivity contribution in [3.05, 3.63) is 17.3 Å². The van der Waals surface area contributed by atoms with Crippen LogP contribution in [0.15, 0.2) is 11.4 Å². The van der Waals surface area contributed by atoms with Crippen LogP contribution in [-0.2, 0) is 6.54 Å². The summed E-state index contributed by atoms with van der Waals surface area (Å²) >= 11 is 1.64. The zero-order valence-corrected chi connectivity index (χ0v) is 13.0. The van der Waals surface area contributed by atoms with Crippen molar-refractivity contribution < 1.29 is 0 Å². The molecule has 0 spiro atoms. The highest BCUT2D eigenvalue weighted by molar-refractivity contribution is 7.16. The molecule has 0 amide bonds. The van der Waals surface area contributed by atoms with Gasteiger partial charge in [0, 0.05) is 6.04 Å². The van der Waals surface area contributed by atoms with Crippen LogP contribution in [0.3, 0.4) is 0 Å². The van der Waals surface area contributed by atoms with Crippen molar-refractivity contribution in [2.24, 2.45) is 5.92 Å². The Morgan fingerprint density at radius 3 is 2.90 bits per heavy atom. The maximum absolute atomic E-state index is 6.03. The predicted octanol–water partition coefficient (Wildman–Crippen LogP) is 3.28. The second-order valence-corrected chi connectivity index (χ2v) is 6.94. The Morgan fingerprint density at radius 2 is 2.20 bits per heavy atom. The summed E-state index contributed by atoms with van der Waals surface area (Å²) in [4.78, 5) is 12.7. The second kappa shape index (κ2) is 5.66. The summed E-state index contributed by atoms with van der Waals surface area (Å²) in [6.45, 7) is 6.51. The Bertz CT molecular complexity index is 589. The molecule has 0 saturated heterocycles. The number of thiophene rings is 1. The third kappa shape index (κ3) is 3.10. The first kappa shape index (κ1) is 13.8. The number of nitrogen functional groups attached to an aromatic ring is 1. The quantitative estimate of drug-likeness (QED) is 0.887. The molecule has 0 bridgehead atoms. The molecule has 20 heavy (non-hydrogen) atoms. The van der Waals surface area contributed by atoms with E-state index in [1.165, 1.54) is 19.3 Å². The van der Waals surface area contributed by atoms with Gasteiger partial charge in [-0.2, -0.15) is 0 Å². The van der Waals surface area contributed by atoms with E-state index in [4.69, 9.17) is 5.73 Å². The molecular weight excluding hydrogens is 268 g/mol. The van der Waals surface area contributed by atoms with Gasteiger partial charge in [-0.05, 0) is 43.2 Å². The van der Waals surface area contributed by atoms with Crippen LogP contribution < -0.4 is 5.73 Å². The van der Waals surface area contributed by atoms with Gasteiger partial charge in [-0.1, -0.05) is 13.8 Å². The van der Waals surface area contributed by atoms with Gasteiger partial charge < -0.3 is 5.73 Å². The molecule has 2 aromatic rings. The Labute approximate surface area is 124 Å². The first-order valence-corrected chi connectivity index (χ1v) is 8.25. The summed E-state index contributed by atoms with van der Waals surface area (Å²) in [5.41, 5.74) is 6.03. The van der Waals surface area contributed by atoms with E-state index in [0.29, 0.717) is 5.82 Å². The minimum atomic E-state index is 0.617. The van der Waals surface area contributed by atoms with Crippen molar-refractivity contribution in [3.63, 3.8) is 0 Å². The lowest BCUT2D eigenvalue weighted by Crippen LogP contribution is -2.28. The topological polar surface area (TPSA) is 55.0 Å². The molecule has 1 aliphatic rings. The molecule has 0 radical (unpaired) electrons. The van der Waals surface area contributed by atoms with Crippen molar-refractivity contribution in [3.8, 4) is 0 Å². The first-order chi connectivity index (χ1) is 9.63. The van der Waals surface area contributed by atoms with Gasteiger partial charge in [-0.3, -0.25) is 4.90 Å². The van der Waals surface area contributed by atoms with E-state index >= 15 is 0 Å². The largest absolute Gasteiger partial charge is 0.383 e. The van der Waals surface area contributed by atoms with Crippen molar-refractivity contribution >= 4 is 27.4 Å². The third-order valence-electron chi connectivity index (χ3n) is 3.80. The van der Waals surface area contributed by atoms with Gasteiger partial charge in [0.25, 0.3) is 0 Å². The molecule has 108 valence electrons.